The highest BCUT2D eigenvalue weighted by Crippen LogP contribution is 2.20. The molecule has 3 nitrogen and oxygen atoms in total. The van der Waals surface area contributed by atoms with Gasteiger partial charge in [0.15, 0.2) is 0 Å². The minimum Gasteiger partial charge on any atom is -0.394 e. The van der Waals surface area contributed by atoms with Crippen LogP contribution in [-0.2, 0) is 0 Å². The van der Waals surface area contributed by atoms with Crippen LogP contribution in [0.5, 0.6) is 0 Å². The second-order valence-electron chi connectivity index (χ2n) is 3.62. The molecule has 0 heterocycles. The summed E-state index contributed by atoms with van der Waals surface area (Å²) in [5.74, 6) is -0.499. The quantitative estimate of drug-likeness (QED) is 0.769. The predicted octanol–water partition coefficient (Wildman–Crippen LogP) is 2.41. The first kappa shape index (κ1) is 13.9. The SMILES string of the molecule is N#CCCCN[C@@H](CO)c1ccc(Cl)c(F)c1. The summed E-state index contributed by atoms with van der Waals surface area (Å²) in [6.07, 6.45) is 1.16. The summed E-state index contributed by atoms with van der Waals surface area (Å²) in [6.45, 7) is 0.469. The fourth-order valence-electron chi connectivity index (χ4n) is 1.46. The van der Waals surface area contributed by atoms with Crippen LogP contribution in [0.3, 0.4) is 0 Å². The number of aliphatic hydroxyl groups excluding tert-OH is 1. The monoisotopic (exact) mass is 256 g/mol. The number of aliphatic hydroxyl groups is 1. The van der Waals surface area contributed by atoms with E-state index in [-0.39, 0.29) is 17.7 Å². The number of nitrogens with one attached hydrogen (secondary N) is 1. The molecule has 17 heavy (non-hydrogen) atoms. The molecule has 1 aromatic carbocycles. The van der Waals surface area contributed by atoms with Gasteiger partial charge in [0.05, 0.1) is 23.7 Å². The van der Waals surface area contributed by atoms with Gasteiger partial charge in [-0.1, -0.05) is 17.7 Å². The van der Waals surface area contributed by atoms with E-state index in [1.54, 1.807) is 6.07 Å². The van der Waals surface area contributed by atoms with E-state index in [0.717, 1.165) is 0 Å². The van der Waals surface area contributed by atoms with Crippen LogP contribution in [0.2, 0.25) is 5.02 Å². The molecule has 0 fully saturated rings. The van der Waals surface area contributed by atoms with Crippen LogP contribution in [0.1, 0.15) is 24.4 Å². The van der Waals surface area contributed by atoms with Gasteiger partial charge in [-0.3, -0.25) is 0 Å². The number of hydrogen-bond donors (Lipinski definition) is 2. The lowest BCUT2D eigenvalue weighted by atomic mass is 10.1. The molecule has 5 heteroatoms. The molecule has 0 bridgehead atoms. The molecule has 2 N–H and O–H groups in total. The number of nitriles is 1. The van der Waals surface area contributed by atoms with Gasteiger partial charge in [0.2, 0.25) is 0 Å². The lowest BCUT2D eigenvalue weighted by Crippen LogP contribution is -2.25. The maximum atomic E-state index is 13.2. The van der Waals surface area contributed by atoms with Crippen LogP contribution in [0, 0.1) is 17.1 Å². The van der Waals surface area contributed by atoms with Gasteiger partial charge in [-0.05, 0) is 30.7 Å². The molecule has 0 spiro atoms. The van der Waals surface area contributed by atoms with Crippen LogP contribution in [0.25, 0.3) is 0 Å². The zero-order valence-corrected chi connectivity index (χ0v) is 10.0. The van der Waals surface area contributed by atoms with Crippen LogP contribution >= 0.6 is 11.6 Å². The van der Waals surface area contributed by atoms with Gasteiger partial charge in [0, 0.05) is 6.42 Å². The van der Waals surface area contributed by atoms with Crippen molar-refractivity contribution in [2.24, 2.45) is 0 Å². The Bertz CT molecular complexity index is 406. The maximum Gasteiger partial charge on any atom is 0.142 e. The lowest BCUT2D eigenvalue weighted by Gasteiger charge is -2.16. The van der Waals surface area contributed by atoms with Crippen LogP contribution in [0.15, 0.2) is 18.2 Å². The van der Waals surface area contributed by atoms with Gasteiger partial charge in [-0.15, -0.1) is 0 Å². The molecule has 0 unspecified atom stereocenters. The average molecular weight is 257 g/mol. The van der Waals surface area contributed by atoms with Gasteiger partial charge in [0.25, 0.3) is 0 Å². The normalized spacial score (nSPS) is 12.1. The van der Waals surface area contributed by atoms with Crippen LogP contribution in [0.4, 0.5) is 4.39 Å². The van der Waals surface area contributed by atoms with E-state index < -0.39 is 5.82 Å². The second-order valence-corrected chi connectivity index (χ2v) is 4.03. The Morgan fingerprint density at radius 2 is 2.29 bits per heavy atom. The number of benzene rings is 1. The average Bonchev–Trinajstić information content (AvgIpc) is 2.33. The largest absolute Gasteiger partial charge is 0.394 e. The van der Waals surface area contributed by atoms with Gasteiger partial charge in [0.1, 0.15) is 5.82 Å². The zero-order chi connectivity index (χ0) is 12.7. The third-order valence-electron chi connectivity index (χ3n) is 2.38. The standard InChI is InChI=1S/C12H14ClFN2O/c13-10-4-3-9(7-11(10)14)12(8-17)16-6-2-1-5-15/h3-4,7,12,16-17H,1-2,6,8H2/t12-/m0/s1. The molecule has 0 aliphatic carbocycles. The van der Waals surface area contributed by atoms with Gasteiger partial charge >= 0.3 is 0 Å². The molecule has 0 radical (unpaired) electrons. The summed E-state index contributed by atoms with van der Waals surface area (Å²) >= 11 is 5.58. The molecule has 0 amide bonds. The fraction of sp³-hybridized carbons (Fsp3) is 0.417. The number of nitrogens with zero attached hydrogens (tertiary/aromatic N) is 1. The van der Waals surface area contributed by atoms with Crippen molar-refractivity contribution in [1.82, 2.24) is 5.32 Å². The summed E-state index contributed by atoms with van der Waals surface area (Å²) < 4.78 is 13.2. The maximum absolute atomic E-state index is 13.2. The van der Waals surface area contributed by atoms with E-state index in [1.807, 2.05) is 6.07 Å². The van der Waals surface area contributed by atoms with Gasteiger partial charge < -0.3 is 10.4 Å². The highest BCUT2D eigenvalue weighted by Gasteiger charge is 2.11. The summed E-state index contributed by atoms with van der Waals surface area (Å²) in [4.78, 5) is 0. The van der Waals surface area contributed by atoms with E-state index in [4.69, 9.17) is 16.9 Å². The third-order valence-corrected chi connectivity index (χ3v) is 2.69. The molecule has 1 rings (SSSR count). The second kappa shape index (κ2) is 7.23. The number of unbranched alkanes of at least 4 members (excludes halogenated alkanes) is 1. The summed E-state index contributed by atoms with van der Waals surface area (Å²) in [6, 6.07) is 6.14. The minimum absolute atomic E-state index is 0.0647. The first-order chi connectivity index (χ1) is 8.19. The Morgan fingerprint density at radius 1 is 1.53 bits per heavy atom. The Labute approximate surface area is 105 Å². The Morgan fingerprint density at radius 3 is 2.88 bits per heavy atom. The molecule has 0 aromatic heterocycles. The highest BCUT2D eigenvalue weighted by molar-refractivity contribution is 6.30. The van der Waals surface area contributed by atoms with Crippen molar-refractivity contribution in [3.63, 3.8) is 0 Å². The minimum atomic E-state index is -0.499. The summed E-state index contributed by atoms with van der Waals surface area (Å²) in [7, 11) is 0. The number of halogens is 2. The smallest absolute Gasteiger partial charge is 0.142 e. The van der Waals surface area contributed by atoms with Crippen LogP contribution in [-0.4, -0.2) is 18.3 Å². The fourth-order valence-corrected chi connectivity index (χ4v) is 1.58. The topological polar surface area (TPSA) is 56.0 Å². The van der Waals surface area contributed by atoms with Gasteiger partial charge in [-0.2, -0.15) is 5.26 Å². The number of hydrogen-bond acceptors (Lipinski definition) is 3. The van der Waals surface area contributed by atoms with Crippen molar-refractivity contribution in [3.8, 4) is 6.07 Å². The summed E-state index contributed by atoms with van der Waals surface area (Å²) in [5, 5.41) is 20.7. The van der Waals surface area contributed by atoms with Crippen molar-refractivity contribution in [2.75, 3.05) is 13.2 Å². The van der Waals surface area contributed by atoms with Crippen molar-refractivity contribution in [3.05, 3.63) is 34.6 Å². The Hall–Kier alpha value is -1.15. The molecule has 0 aliphatic heterocycles. The number of rotatable bonds is 6. The molecule has 0 saturated carbocycles. The molecular weight excluding hydrogens is 243 g/mol. The Kier molecular flexibility index (Phi) is 5.92. The lowest BCUT2D eigenvalue weighted by molar-refractivity contribution is 0.244. The van der Waals surface area contributed by atoms with E-state index in [9.17, 15) is 9.50 Å². The molecular formula is C12H14ClFN2O. The molecule has 92 valence electrons. The first-order valence-electron chi connectivity index (χ1n) is 5.35. The zero-order valence-electron chi connectivity index (χ0n) is 9.29. The van der Waals surface area contributed by atoms with Crippen molar-refractivity contribution >= 4 is 11.6 Å². The van der Waals surface area contributed by atoms with Crippen molar-refractivity contribution < 1.29 is 9.50 Å². The first-order valence-corrected chi connectivity index (χ1v) is 5.73. The van der Waals surface area contributed by atoms with E-state index >= 15 is 0 Å². The van der Waals surface area contributed by atoms with E-state index in [1.165, 1.54) is 12.1 Å². The van der Waals surface area contributed by atoms with Crippen molar-refractivity contribution in [1.29, 1.82) is 5.26 Å². The molecule has 1 atom stereocenters. The Balaban J connectivity index is 2.60. The molecule has 0 aliphatic rings. The van der Waals surface area contributed by atoms with E-state index in [2.05, 4.69) is 5.32 Å². The highest BCUT2D eigenvalue weighted by atomic mass is 35.5. The molecule has 0 saturated heterocycles. The predicted molar refractivity (Wildman–Crippen MR) is 64.1 cm³/mol. The summed E-state index contributed by atoms with van der Waals surface area (Å²) in [5.41, 5.74) is 0.645. The molecule has 1 aromatic rings. The van der Waals surface area contributed by atoms with Crippen LogP contribution < -0.4 is 5.32 Å². The van der Waals surface area contributed by atoms with E-state index in [0.29, 0.717) is 24.9 Å². The van der Waals surface area contributed by atoms with Crippen molar-refractivity contribution in [2.45, 2.75) is 18.9 Å². The third kappa shape index (κ3) is 4.31. The van der Waals surface area contributed by atoms with Gasteiger partial charge in [-0.25, -0.2) is 4.39 Å².